The average molecular weight is 433 g/mol. The van der Waals surface area contributed by atoms with Crippen LogP contribution in [0.3, 0.4) is 0 Å². The zero-order chi connectivity index (χ0) is 23.0. The molecule has 2 aromatic rings. The molecule has 2 aromatic carbocycles. The average Bonchev–Trinajstić information content (AvgIpc) is 3.12. The molecule has 0 bridgehead atoms. The van der Waals surface area contributed by atoms with Gasteiger partial charge in [-0.1, -0.05) is 30.3 Å². The summed E-state index contributed by atoms with van der Waals surface area (Å²) in [4.78, 5) is 25.4. The second kappa shape index (κ2) is 8.09. The van der Waals surface area contributed by atoms with Gasteiger partial charge in [0.1, 0.15) is 5.60 Å². The van der Waals surface area contributed by atoms with Crippen molar-refractivity contribution < 1.29 is 32.6 Å². The maximum Gasteiger partial charge on any atom is 0.416 e. The van der Waals surface area contributed by atoms with E-state index in [-0.39, 0.29) is 12.1 Å². The summed E-state index contributed by atoms with van der Waals surface area (Å²) in [6.45, 7) is 5.36. The molecule has 1 heterocycles. The van der Waals surface area contributed by atoms with Crippen LogP contribution in [0.15, 0.2) is 54.6 Å². The zero-order valence-electron chi connectivity index (χ0n) is 17.2. The Morgan fingerprint density at radius 2 is 1.58 bits per heavy atom. The highest BCUT2D eigenvalue weighted by Crippen LogP contribution is 2.37. The number of carbonyl (C=O) groups is 2. The summed E-state index contributed by atoms with van der Waals surface area (Å²) in [6, 6.07) is 10.3. The van der Waals surface area contributed by atoms with Crippen molar-refractivity contribution in [3.05, 3.63) is 76.9 Å². The minimum Gasteiger partial charge on any atom is -0.478 e. The number of nitrogens with zero attached hydrogens (tertiary/aromatic N) is 1. The van der Waals surface area contributed by atoms with Crippen molar-refractivity contribution in [3.8, 4) is 0 Å². The van der Waals surface area contributed by atoms with Crippen LogP contribution in [0.4, 0.5) is 18.0 Å². The molecule has 5 nitrogen and oxygen atoms in total. The Bertz CT molecular complexity index is 1000. The lowest BCUT2D eigenvalue weighted by Crippen LogP contribution is -2.37. The molecule has 0 radical (unpaired) electrons. The standard InChI is InChI=1S/C23H22F3NO4/c1-22(2,3)31-21(30)27-13-17(14-8-10-18(11-9-14)23(24,25)26)12-19(27)15-4-6-16(7-5-15)20(28)29/h4-12,19H,13H2,1-3H3,(H,28,29). The number of halogens is 3. The second-order valence-corrected chi connectivity index (χ2v) is 8.25. The summed E-state index contributed by atoms with van der Waals surface area (Å²) in [6.07, 6.45) is -3.22. The highest BCUT2D eigenvalue weighted by molar-refractivity contribution is 5.87. The van der Waals surface area contributed by atoms with Gasteiger partial charge in [0.2, 0.25) is 0 Å². The number of rotatable bonds is 3. The summed E-state index contributed by atoms with van der Waals surface area (Å²) in [5, 5.41) is 9.10. The van der Waals surface area contributed by atoms with Crippen LogP contribution in [0.25, 0.3) is 5.57 Å². The van der Waals surface area contributed by atoms with E-state index in [1.54, 1.807) is 39.0 Å². The first kappa shape index (κ1) is 22.4. The molecule has 1 atom stereocenters. The van der Waals surface area contributed by atoms with Crippen LogP contribution in [-0.2, 0) is 10.9 Å². The maximum atomic E-state index is 12.9. The lowest BCUT2D eigenvalue weighted by atomic mass is 10.0. The van der Waals surface area contributed by atoms with Crippen molar-refractivity contribution in [3.63, 3.8) is 0 Å². The van der Waals surface area contributed by atoms with E-state index in [9.17, 15) is 22.8 Å². The molecule has 164 valence electrons. The van der Waals surface area contributed by atoms with Crippen LogP contribution >= 0.6 is 0 Å². The predicted octanol–water partition coefficient (Wildman–Crippen LogP) is 5.78. The Kier molecular flexibility index (Phi) is 5.85. The van der Waals surface area contributed by atoms with E-state index in [0.717, 1.165) is 12.1 Å². The third-order valence-corrected chi connectivity index (χ3v) is 4.75. The van der Waals surface area contributed by atoms with Gasteiger partial charge in [-0.3, -0.25) is 4.90 Å². The number of alkyl halides is 3. The number of amides is 1. The Morgan fingerprint density at radius 3 is 2.06 bits per heavy atom. The van der Waals surface area contributed by atoms with Gasteiger partial charge in [-0.2, -0.15) is 13.2 Å². The first-order chi connectivity index (χ1) is 14.3. The lowest BCUT2D eigenvalue weighted by Gasteiger charge is -2.29. The topological polar surface area (TPSA) is 66.8 Å². The smallest absolute Gasteiger partial charge is 0.416 e. The number of carboxylic acids is 1. The number of benzene rings is 2. The van der Waals surface area contributed by atoms with E-state index in [1.807, 2.05) is 0 Å². The molecule has 0 saturated carbocycles. The molecular weight excluding hydrogens is 411 g/mol. The first-order valence-electron chi connectivity index (χ1n) is 9.56. The van der Waals surface area contributed by atoms with Crippen molar-refractivity contribution >= 4 is 17.6 Å². The van der Waals surface area contributed by atoms with E-state index in [1.165, 1.54) is 29.2 Å². The fraction of sp³-hybridized carbons (Fsp3) is 0.304. The number of hydrogen-bond acceptors (Lipinski definition) is 3. The largest absolute Gasteiger partial charge is 0.478 e. The number of hydrogen-bond donors (Lipinski definition) is 1. The van der Waals surface area contributed by atoms with Crippen LogP contribution in [0, 0.1) is 0 Å². The van der Waals surface area contributed by atoms with Gasteiger partial charge in [0.25, 0.3) is 0 Å². The van der Waals surface area contributed by atoms with E-state index in [2.05, 4.69) is 0 Å². The van der Waals surface area contributed by atoms with Crippen LogP contribution in [0.2, 0.25) is 0 Å². The minimum absolute atomic E-state index is 0.109. The molecule has 1 aliphatic rings. The molecule has 0 aromatic heterocycles. The van der Waals surface area contributed by atoms with Gasteiger partial charge in [-0.25, -0.2) is 9.59 Å². The van der Waals surface area contributed by atoms with E-state index < -0.39 is 35.4 Å². The molecule has 1 unspecified atom stereocenters. The molecule has 8 heteroatoms. The van der Waals surface area contributed by atoms with E-state index in [0.29, 0.717) is 16.7 Å². The second-order valence-electron chi connectivity index (χ2n) is 8.25. The Balaban J connectivity index is 1.95. The lowest BCUT2D eigenvalue weighted by molar-refractivity contribution is -0.137. The highest BCUT2D eigenvalue weighted by Gasteiger charge is 2.34. The third kappa shape index (κ3) is 5.25. The van der Waals surface area contributed by atoms with Gasteiger partial charge < -0.3 is 9.84 Å². The van der Waals surface area contributed by atoms with Crippen LogP contribution in [0.5, 0.6) is 0 Å². The van der Waals surface area contributed by atoms with Crippen molar-refractivity contribution in [2.75, 3.05) is 6.54 Å². The molecule has 0 aliphatic carbocycles. The van der Waals surface area contributed by atoms with Crippen LogP contribution in [0.1, 0.15) is 53.9 Å². The fourth-order valence-electron chi connectivity index (χ4n) is 3.27. The Labute approximate surface area is 177 Å². The summed E-state index contributed by atoms with van der Waals surface area (Å²) < 4.78 is 44.1. The molecule has 1 N–H and O–H groups in total. The molecule has 0 fully saturated rings. The van der Waals surface area contributed by atoms with E-state index >= 15 is 0 Å². The van der Waals surface area contributed by atoms with Crippen molar-refractivity contribution in [1.82, 2.24) is 4.90 Å². The summed E-state index contributed by atoms with van der Waals surface area (Å²) in [5.41, 5.74) is 0.527. The molecule has 0 spiro atoms. The van der Waals surface area contributed by atoms with Crippen molar-refractivity contribution in [1.29, 1.82) is 0 Å². The van der Waals surface area contributed by atoms with Gasteiger partial charge in [0, 0.05) is 0 Å². The number of carbonyl (C=O) groups excluding carboxylic acids is 1. The summed E-state index contributed by atoms with van der Waals surface area (Å²) in [7, 11) is 0. The number of carboxylic acid groups (broad SMARTS) is 1. The SMILES string of the molecule is CC(C)(C)OC(=O)N1CC(c2ccc(C(F)(F)F)cc2)=CC1c1ccc(C(=O)O)cc1. The predicted molar refractivity (Wildman–Crippen MR) is 109 cm³/mol. The summed E-state index contributed by atoms with van der Waals surface area (Å²) >= 11 is 0. The minimum atomic E-state index is -4.43. The zero-order valence-corrected chi connectivity index (χ0v) is 17.2. The Hall–Kier alpha value is -3.29. The Morgan fingerprint density at radius 1 is 1.00 bits per heavy atom. The van der Waals surface area contributed by atoms with E-state index in [4.69, 9.17) is 9.84 Å². The van der Waals surface area contributed by atoms with Gasteiger partial charge in [0.05, 0.1) is 23.7 Å². The van der Waals surface area contributed by atoms with Gasteiger partial charge in [-0.05, 0) is 61.7 Å². The van der Waals surface area contributed by atoms with Gasteiger partial charge in [0.15, 0.2) is 0 Å². The maximum absolute atomic E-state index is 12.9. The third-order valence-electron chi connectivity index (χ3n) is 4.75. The molecule has 0 saturated heterocycles. The molecule has 1 amide bonds. The normalized spacial score (nSPS) is 16.8. The van der Waals surface area contributed by atoms with Crippen LogP contribution in [-0.4, -0.2) is 34.2 Å². The van der Waals surface area contributed by atoms with Crippen molar-refractivity contribution in [2.45, 2.75) is 38.6 Å². The number of ether oxygens (including phenoxy) is 1. The quantitative estimate of drug-likeness (QED) is 0.667. The van der Waals surface area contributed by atoms with Crippen LogP contribution < -0.4 is 0 Å². The molecule has 31 heavy (non-hydrogen) atoms. The molecular formula is C23H22F3NO4. The molecule has 1 aliphatic heterocycles. The van der Waals surface area contributed by atoms with Crippen molar-refractivity contribution in [2.24, 2.45) is 0 Å². The number of aromatic carboxylic acids is 1. The first-order valence-corrected chi connectivity index (χ1v) is 9.56. The summed E-state index contributed by atoms with van der Waals surface area (Å²) in [5.74, 6) is -1.07. The molecule has 3 rings (SSSR count). The van der Waals surface area contributed by atoms with Gasteiger partial charge >= 0.3 is 18.2 Å². The monoisotopic (exact) mass is 433 g/mol. The van der Waals surface area contributed by atoms with Gasteiger partial charge in [-0.15, -0.1) is 0 Å². The highest BCUT2D eigenvalue weighted by atomic mass is 19.4. The fourth-order valence-corrected chi connectivity index (χ4v) is 3.27.